The van der Waals surface area contributed by atoms with Crippen molar-refractivity contribution in [1.82, 2.24) is 0 Å². The first kappa shape index (κ1) is 38.9. The Labute approximate surface area is 300 Å². The molecule has 0 N–H and O–H groups in total. The standard InChI is InChI=1S/C21H25.C15H14.C6H7.2ClH.Zr/c1-20(2,3)16-9-7-14-11-15-8-10-17(21(4,5)6)13-19(15)18(14)12-16;1-12-3-7-14(8-4-12)11-15-9-5-13(2)6-10-15;1-6-4-2-3-5-6;;;/h7,9-10,12-13H,11H2,1-6H3;3-10H,1-2H3;2,4H,3H2,1H3;2*1H;/q-1;;-1;;;+2/p-2. The molecule has 0 spiro atoms. The zero-order valence-electron chi connectivity index (χ0n) is 28.3. The molecule has 0 radical (unpaired) electrons. The van der Waals surface area contributed by atoms with E-state index in [1.165, 1.54) is 88.6 Å². The van der Waals surface area contributed by atoms with Crippen LogP contribution in [0.25, 0.3) is 11.1 Å². The van der Waals surface area contributed by atoms with Crippen LogP contribution >= 0.6 is 0 Å². The van der Waals surface area contributed by atoms with Crippen molar-refractivity contribution >= 4 is 3.21 Å². The van der Waals surface area contributed by atoms with Gasteiger partial charge in [-0.25, -0.2) is 11.6 Å². The normalized spacial score (nSPS) is 12.6. The topological polar surface area (TPSA) is 0 Å². The molecule has 3 heteroatoms. The average molecular weight is 713 g/mol. The summed E-state index contributed by atoms with van der Waals surface area (Å²) in [4.78, 5) is 0. The van der Waals surface area contributed by atoms with Gasteiger partial charge in [0.15, 0.2) is 0 Å². The summed E-state index contributed by atoms with van der Waals surface area (Å²) in [6, 6.07) is 32.6. The summed E-state index contributed by atoms with van der Waals surface area (Å²) < 4.78 is 1.42. The van der Waals surface area contributed by atoms with E-state index >= 15 is 0 Å². The maximum Gasteiger partial charge on any atom is -1.00 e. The third kappa shape index (κ3) is 10.6. The molecule has 4 aromatic rings. The summed E-state index contributed by atoms with van der Waals surface area (Å²) in [5.74, 6) is 0. The van der Waals surface area contributed by atoms with Crippen LogP contribution in [0.5, 0.6) is 0 Å². The van der Waals surface area contributed by atoms with Crippen molar-refractivity contribution in [2.45, 2.75) is 86.0 Å². The third-order valence-electron chi connectivity index (χ3n) is 8.07. The van der Waals surface area contributed by atoms with Gasteiger partial charge in [-0.3, -0.25) is 6.08 Å². The van der Waals surface area contributed by atoms with Crippen LogP contribution in [0.2, 0.25) is 0 Å². The Kier molecular flexibility index (Phi) is 14.3. The second kappa shape index (κ2) is 16.5. The molecule has 0 aliphatic heterocycles. The number of aryl methyl sites for hydroxylation is 2. The Morgan fingerprint density at radius 3 is 1.60 bits per heavy atom. The number of hydrogen-bond donors (Lipinski definition) is 0. The monoisotopic (exact) mass is 710 g/mol. The fourth-order valence-corrected chi connectivity index (χ4v) is 5.93. The van der Waals surface area contributed by atoms with E-state index in [1.807, 2.05) is 0 Å². The van der Waals surface area contributed by atoms with E-state index in [2.05, 4.69) is 165 Å². The van der Waals surface area contributed by atoms with E-state index in [9.17, 15) is 0 Å². The van der Waals surface area contributed by atoms with Gasteiger partial charge in [-0.15, -0.1) is 12.0 Å². The van der Waals surface area contributed by atoms with E-state index in [0.29, 0.717) is 0 Å². The molecular weight excluding hydrogens is 667 g/mol. The summed E-state index contributed by atoms with van der Waals surface area (Å²) in [7, 11) is 0. The van der Waals surface area contributed by atoms with Crippen molar-refractivity contribution in [3.05, 3.63) is 153 Å². The predicted molar refractivity (Wildman–Crippen MR) is 183 cm³/mol. The van der Waals surface area contributed by atoms with Crippen LogP contribution in [-0.4, -0.2) is 3.21 Å². The maximum absolute atomic E-state index is 3.53. The fourth-order valence-electron chi connectivity index (χ4n) is 5.11. The van der Waals surface area contributed by atoms with E-state index in [0.717, 1.165) is 12.8 Å². The van der Waals surface area contributed by atoms with Crippen molar-refractivity contribution in [3.8, 4) is 11.1 Å². The molecule has 6 rings (SSSR count). The van der Waals surface area contributed by atoms with Crippen LogP contribution in [0.1, 0.15) is 99.4 Å². The molecule has 2 aliphatic carbocycles. The van der Waals surface area contributed by atoms with Gasteiger partial charge in [0.25, 0.3) is 0 Å². The molecule has 0 saturated heterocycles. The van der Waals surface area contributed by atoms with Crippen LogP contribution in [0.15, 0.2) is 96.6 Å². The molecule has 4 aromatic carbocycles. The van der Waals surface area contributed by atoms with Crippen molar-refractivity contribution in [1.29, 1.82) is 0 Å². The average Bonchev–Trinajstić information content (AvgIpc) is 3.59. The van der Waals surface area contributed by atoms with Gasteiger partial charge >= 0.3 is 112 Å². The summed E-state index contributed by atoms with van der Waals surface area (Å²) in [5, 5.41) is 0. The predicted octanol–water partition coefficient (Wildman–Crippen LogP) is 4.78. The van der Waals surface area contributed by atoms with Gasteiger partial charge in [-0.05, 0) is 17.4 Å². The molecule has 0 aromatic heterocycles. The van der Waals surface area contributed by atoms with Gasteiger partial charge in [0.2, 0.25) is 0 Å². The molecule has 0 saturated carbocycles. The van der Waals surface area contributed by atoms with Gasteiger partial charge in [-0.1, -0.05) is 83.2 Å². The van der Waals surface area contributed by atoms with Gasteiger partial charge in [0.1, 0.15) is 0 Å². The molecule has 0 fully saturated rings. The Balaban J connectivity index is 0.000000260. The largest absolute Gasteiger partial charge is 1.00 e. The first-order chi connectivity index (χ1) is 20.2. The fraction of sp³-hybridized carbons (Fsp3) is 0.310. The number of allylic oxidation sites excluding steroid dienone is 4. The Hall–Kier alpha value is -2.31. The summed E-state index contributed by atoms with van der Waals surface area (Å²) in [5.41, 5.74) is 15.3. The molecule has 0 atom stereocenters. The van der Waals surface area contributed by atoms with Gasteiger partial charge in [-0.2, -0.15) is 35.4 Å². The number of benzene rings is 4. The van der Waals surface area contributed by atoms with E-state index < -0.39 is 0 Å². The van der Waals surface area contributed by atoms with E-state index in [-0.39, 0.29) is 35.6 Å². The number of hydrogen-bond acceptors (Lipinski definition) is 0. The zero-order chi connectivity index (χ0) is 31.4. The van der Waals surface area contributed by atoms with Crippen LogP contribution in [0.4, 0.5) is 0 Å². The number of halogens is 2. The molecule has 0 unspecified atom stereocenters. The third-order valence-corrected chi connectivity index (χ3v) is 9.49. The minimum absolute atomic E-state index is 0. The second-order valence-electron chi connectivity index (χ2n) is 13.9. The van der Waals surface area contributed by atoms with Crippen molar-refractivity contribution in [3.63, 3.8) is 0 Å². The zero-order valence-corrected chi connectivity index (χ0v) is 32.3. The molecule has 45 heavy (non-hydrogen) atoms. The Bertz CT molecular complexity index is 1530. The second-order valence-corrected chi connectivity index (χ2v) is 15.1. The van der Waals surface area contributed by atoms with Crippen molar-refractivity contribution in [2.24, 2.45) is 0 Å². The summed E-state index contributed by atoms with van der Waals surface area (Å²) >= 11 is 1.46. The van der Waals surface area contributed by atoms with E-state index in [1.54, 1.807) is 0 Å². The van der Waals surface area contributed by atoms with Crippen molar-refractivity contribution < 1.29 is 49.0 Å². The SMILES string of the molecule is CC(C)(C)c1c[c-]c2c(c1)-c1cc(C(C)(C)C)ccc1C2.CC1=[C-]CC=C1.Cc1ccc([C](=[Zr+2])c2ccc(C)cc2)cc1.[Cl-].[Cl-]. The quantitative estimate of drug-likeness (QED) is 0.232. The van der Waals surface area contributed by atoms with Gasteiger partial charge in [0, 0.05) is 0 Å². The molecule has 2 aliphatic rings. The van der Waals surface area contributed by atoms with Crippen molar-refractivity contribution in [2.75, 3.05) is 0 Å². The smallest absolute Gasteiger partial charge is 1.00 e. The van der Waals surface area contributed by atoms with E-state index in [4.69, 9.17) is 0 Å². The minimum Gasteiger partial charge on any atom is -1.00 e. The minimum atomic E-state index is 0. The molecule has 0 bridgehead atoms. The summed E-state index contributed by atoms with van der Waals surface area (Å²) in [6.45, 7) is 19.9. The maximum atomic E-state index is 3.53. The van der Waals surface area contributed by atoms with Crippen LogP contribution < -0.4 is 24.8 Å². The molecule has 0 amide bonds. The van der Waals surface area contributed by atoms with Gasteiger partial charge < -0.3 is 24.8 Å². The first-order valence-corrected chi connectivity index (χ1v) is 16.6. The number of rotatable bonds is 2. The molecule has 0 heterocycles. The first-order valence-electron chi connectivity index (χ1n) is 15.4. The Morgan fingerprint density at radius 1 is 0.667 bits per heavy atom. The van der Waals surface area contributed by atoms with Crippen LogP contribution in [-0.2, 0) is 41.5 Å². The molecule has 0 nitrogen and oxygen atoms in total. The summed E-state index contributed by atoms with van der Waals surface area (Å²) in [6.07, 6.45) is 9.36. The molecular formula is C42H46Cl2Zr-2. The van der Waals surface area contributed by atoms with Gasteiger partial charge in [0.05, 0.1) is 0 Å². The van der Waals surface area contributed by atoms with Crippen LogP contribution in [0, 0.1) is 26.0 Å². The molecule has 234 valence electrons. The van der Waals surface area contributed by atoms with Crippen LogP contribution in [0.3, 0.4) is 0 Å². The Morgan fingerprint density at radius 2 is 1.18 bits per heavy atom. The number of fused-ring (bicyclic) bond motifs is 3.